The van der Waals surface area contributed by atoms with Crippen molar-refractivity contribution in [3.8, 4) is 5.75 Å². The van der Waals surface area contributed by atoms with Gasteiger partial charge in [0.05, 0.1) is 6.10 Å². The summed E-state index contributed by atoms with van der Waals surface area (Å²) >= 11 is 0. The van der Waals surface area contributed by atoms with Crippen molar-refractivity contribution in [3.63, 3.8) is 0 Å². The van der Waals surface area contributed by atoms with Crippen molar-refractivity contribution in [2.75, 3.05) is 18.0 Å². The van der Waals surface area contributed by atoms with Crippen molar-refractivity contribution in [2.45, 2.75) is 39.3 Å². The lowest BCUT2D eigenvalue weighted by Gasteiger charge is -2.26. The molecule has 18 heavy (non-hydrogen) atoms. The number of hydrogen-bond donors (Lipinski definition) is 1. The first kappa shape index (κ1) is 13.2. The van der Waals surface area contributed by atoms with E-state index in [1.54, 1.807) is 0 Å². The van der Waals surface area contributed by atoms with Gasteiger partial charge in [0.25, 0.3) is 0 Å². The highest BCUT2D eigenvalue weighted by Gasteiger charge is 2.29. The highest BCUT2D eigenvalue weighted by molar-refractivity contribution is 5.51. The van der Waals surface area contributed by atoms with Crippen molar-refractivity contribution in [3.05, 3.63) is 24.3 Å². The molecule has 1 aliphatic rings. The predicted octanol–water partition coefficient (Wildman–Crippen LogP) is 2.65. The smallest absolute Gasteiger partial charge is 0.119 e. The van der Waals surface area contributed by atoms with Crippen LogP contribution in [0.3, 0.4) is 0 Å². The van der Waals surface area contributed by atoms with Gasteiger partial charge in [-0.05, 0) is 63.9 Å². The Bertz CT molecular complexity index is 375. The molecular formula is C15H24N2O. The van der Waals surface area contributed by atoms with Gasteiger partial charge in [-0.3, -0.25) is 0 Å². The molecule has 0 saturated carbocycles. The molecule has 1 aromatic rings. The summed E-state index contributed by atoms with van der Waals surface area (Å²) in [6.45, 7) is 8.24. The topological polar surface area (TPSA) is 38.5 Å². The van der Waals surface area contributed by atoms with E-state index >= 15 is 0 Å². The molecule has 0 amide bonds. The Morgan fingerprint density at radius 1 is 1.33 bits per heavy atom. The first-order valence-corrected chi connectivity index (χ1v) is 6.85. The third-order valence-corrected chi connectivity index (χ3v) is 3.76. The highest BCUT2D eigenvalue weighted by Crippen LogP contribution is 2.30. The number of anilines is 1. The third kappa shape index (κ3) is 2.78. The van der Waals surface area contributed by atoms with E-state index < -0.39 is 0 Å². The maximum Gasteiger partial charge on any atom is 0.119 e. The van der Waals surface area contributed by atoms with E-state index in [9.17, 15) is 0 Å². The summed E-state index contributed by atoms with van der Waals surface area (Å²) in [6, 6.07) is 8.93. The zero-order chi connectivity index (χ0) is 13.1. The van der Waals surface area contributed by atoms with Crippen LogP contribution in [0.25, 0.3) is 0 Å². The van der Waals surface area contributed by atoms with E-state index in [1.807, 2.05) is 13.8 Å². The molecule has 100 valence electrons. The van der Waals surface area contributed by atoms with Gasteiger partial charge in [-0.2, -0.15) is 0 Å². The molecule has 1 aromatic carbocycles. The van der Waals surface area contributed by atoms with Crippen LogP contribution in [0, 0.1) is 5.92 Å². The van der Waals surface area contributed by atoms with Crippen LogP contribution in [0.5, 0.6) is 5.75 Å². The van der Waals surface area contributed by atoms with E-state index in [-0.39, 0.29) is 6.10 Å². The normalized spacial score (nSPS) is 23.7. The molecule has 0 aliphatic carbocycles. The molecule has 0 radical (unpaired) electrons. The fourth-order valence-corrected chi connectivity index (χ4v) is 2.67. The average Bonchev–Trinajstić information content (AvgIpc) is 2.71. The van der Waals surface area contributed by atoms with Gasteiger partial charge in [0.15, 0.2) is 0 Å². The van der Waals surface area contributed by atoms with E-state index in [1.165, 1.54) is 12.1 Å². The third-order valence-electron chi connectivity index (χ3n) is 3.76. The number of ether oxygens (including phenoxy) is 1. The zero-order valence-corrected chi connectivity index (χ0v) is 11.6. The summed E-state index contributed by atoms with van der Waals surface area (Å²) in [4.78, 5) is 2.44. The van der Waals surface area contributed by atoms with Crippen LogP contribution < -0.4 is 15.4 Å². The standard InChI is InChI=1S/C15H24N2O/c1-11(2)18-15-6-4-14(5-7-15)17-9-8-13(10-16)12(17)3/h4-7,11-13H,8-10,16H2,1-3H3. The minimum absolute atomic E-state index is 0.225. The quantitative estimate of drug-likeness (QED) is 0.890. The molecule has 0 aromatic heterocycles. The van der Waals surface area contributed by atoms with Gasteiger partial charge in [0, 0.05) is 18.3 Å². The Morgan fingerprint density at radius 2 is 2.00 bits per heavy atom. The monoisotopic (exact) mass is 248 g/mol. The first-order chi connectivity index (χ1) is 8.61. The Morgan fingerprint density at radius 3 is 2.50 bits per heavy atom. The lowest BCUT2D eigenvalue weighted by Crippen LogP contribution is -2.32. The minimum Gasteiger partial charge on any atom is -0.491 e. The second-order valence-corrected chi connectivity index (χ2v) is 5.38. The van der Waals surface area contributed by atoms with Gasteiger partial charge in [-0.25, -0.2) is 0 Å². The van der Waals surface area contributed by atoms with Crippen molar-refractivity contribution >= 4 is 5.69 Å². The lowest BCUT2D eigenvalue weighted by molar-refractivity contribution is 0.242. The van der Waals surface area contributed by atoms with Gasteiger partial charge in [0.2, 0.25) is 0 Å². The van der Waals surface area contributed by atoms with Crippen LogP contribution in [0.2, 0.25) is 0 Å². The number of hydrogen-bond acceptors (Lipinski definition) is 3. The SMILES string of the molecule is CC(C)Oc1ccc(N2CCC(CN)C2C)cc1. The maximum absolute atomic E-state index is 5.80. The van der Waals surface area contributed by atoms with Crippen molar-refractivity contribution in [1.29, 1.82) is 0 Å². The Labute approximate surface area is 110 Å². The minimum atomic E-state index is 0.225. The Balaban J connectivity index is 2.06. The van der Waals surface area contributed by atoms with Crippen LogP contribution in [-0.2, 0) is 0 Å². The Hall–Kier alpha value is -1.22. The molecule has 1 saturated heterocycles. The maximum atomic E-state index is 5.80. The van der Waals surface area contributed by atoms with E-state index in [2.05, 4.69) is 36.1 Å². The van der Waals surface area contributed by atoms with E-state index in [0.717, 1.165) is 18.8 Å². The summed E-state index contributed by atoms with van der Waals surface area (Å²) in [6.07, 6.45) is 1.42. The second kappa shape index (κ2) is 5.61. The van der Waals surface area contributed by atoms with Crippen LogP contribution in [0.15, 0.2) is 24.3 Å². The number of nitrogens with zero attached hydrogens (tertiary/aromatic N) is 1. The van der Waals surface area contributed by atoms with Crippen LogP contribution >= 0.6 is 0 Å². The largest absolute Gasteiger partial charge is 0.491 e. The molecule has 2 atom stereocenters. The molecule has 3 nitrogen and oxygen atoms in total. The summed E-state index contributed by atoms with van der Waals surface area (Å²) in [5, 5.41) is 0. The molecule has 2 N–H and O–H groups in total. The first-order valence-electron chi connectivity index (χ1n) is 6.85. The molecule has 3 heteroatoms. The summed E-state index contributed by atoms with van der Waals surface area (Å²) in [5.74, 6) is 1.56. The van der Waals surface area contributed by atoms with Gasteiger partial charge in [-0.1, -0.05) is 0 Å². The van der Waals surface area contributed by atoms with Gasteiger partial charge in [0.1, 0.15) is 5.75 Å². The molecule has 0 spiro atoms. The van der Waals surface area contributed by atoms with Crippen LogP contribution in [-0.4, -0.2) is 25.2 Å². The molecule has 0 bridgehead atoms. The second-order valence-electron chi connectivity index (χ2n) is 5.38. The summed E-state index contributed by atoms with van der Waals surface area (Å²) < 4.78 is 5.66. The Kier molecular flexibility index (Phi) is 4.12. The van der Waals surface area contributed by atoms with Crippen molar-refractivity contribution < 1.29 is 4.74 Å². The molecular weight excluding hydrogens is 224 g/mol. The van der Waals surface area contributed by atoms with Gasteiger partial charge < -0.3 is 15.4 Å². The molecule has 1 aliphatic heterocycles. The summed E-state index contributed by atoms with van der Waals surface area (Å²) in [5.41, 5.74) is 7.07. The lowest BCUT2D eigenvalue weighted by atomic mass is 10.0. The van der Waals surface area contributed by atoms with Crippen LogP contribution in [0.4, 0.5) is 5.69 Å². The fraction of sp³-hybridized carbons (Fsp3) is 0.600. The van der Waals surface area contributed by atoms with Crippen molar-refractivity contribution in [2.24, 2.45) is 11.7 Å². The fourth-order valence-electron chi connectivity index (χ4n) is 2.67. The molecule has 1 heterocycles. The molecule has 2 unspecified atom stereocenters. The van der Waals surface area contributed by atoms with Gasteiger partial charge in [-0.15, -0.1) is 0 Å². The molecule has 1 fully saturated rings. The van der Waals surface area contributed by atoms with E-state index in [0.29, 0.717) is 12.0 Å². The number of benzene rings is 1. The predicted molar refractivity (Wildman–Crippen MR) is 76.2 cm³/mol. The summed E-state index contributed by atoms with van der Waals surface area (Å²) in [7, 11) is 0. The highest BCUT2D eigenvalue weighted by atomic mass is 16.5. The average molecular weight is 248 g/mol. The van der Waals surface area contributed by atoms with E-state index in [4.69, 9.17) is 10.5 Å². The molecule has 2 rings (SSSR count). The van der Waals surface area contributed by atoms with Crippen molar-refractivity contribution in [1.82, 2.24) is 0 Å². The van der Waals surface area contributed by atoms with Crippen LogP contribution in [0.1, 0.15) is 27.2 Å². The zero-order valence-electron chi connectivity index (χ0n) is 11.6. The number of rotatable bonds is 4. The van der Waals surface area contributed by atoms with Gasteiger partial charge >= 0.3 is 0 Å². The number of nitrogens with two attached hydrogens (primary N) is 1.